The smallest absolute Gasteiger partial charge is 0.748 e. The van der Waals surface area contributed by atoms with Gasteiger partial charge in [-0.3, -0.25) is 4.79 Å². The van der Waals surface area contributed by atoms with Crippen LogP contribution in [0.15, 0.2) is 10.2 Å². The summed E-state index contributed by atoms with van der Waals surface area (Å²) in [7, 11) is -7.11. The third-order valence-corrected chi connectivity index (χ3v) is 11.7. The largest absolute Gasteiger partial charge is 1.00 e. The number of alkyl halides is 2. The molecular weight excluding hydrogens is 812 g/mol. The fourth-order valence-electron chi connectivity index (χ4n) is 6.77. The number of nitrogens with one attached hydrogen (secondary N) is 1. The Bertz CT molecular complexity index is 1550. The summed E-state index contributed by atoms with van der Waals surface area (Å²) in [6.07, 6.45) is 3.66. The minimum Gasteiger partial charge on any atom is -0.748 e. The van der Waals surface area contributed by atoms with Crippen LogP contribution >= 0.6 is 23.2 Å². The van der Waals surface area contributed by atoms with Gasteiger partial charge in [-0.05, 0) is 70.9 Å². The van der Waals surface area contributed by atoms with Gasteiger partial charge in [0, 0.05) is 37.0 Å². The van der Waals surface area contributed by atoms with E-state index in [0.717, 1.165) is 0 Å². The number of ether oxygens (including phenoxy) is 1. The Balaban J connectivity index is 0.00000676. The SMILES string of the molecule is COC1CC(Cl)C(n2nc(C(C)(C)C)c(C#N)c2N=NC2CCC(N(CCCCS(=O)(=O)[O-])CCCCS(=O)(=O)[O-])CC2NC(C)=O)C(Cl)C1.[K+].[K+]. The van der Waals surface area contributed by atoms with E-state index in [1.54, 1.807) is 11.8 Å². The van der Waals surface area contributed by atoms with Gasteiger partial charge in [-0.25, -0.2) is 21.5 Å². The second kappa shape index (κ2) is 23.1. The summed E-state index contributed by atoms with van der Waals surface area (Å²) in [5, 5.41) is 26.5. The molecule has 1 aromatic rings. The molecule has 1 amide bonds. The van der Waals surface area contributed by atoms with Crippen LogP contribution in [-0.4, -0.2) is 113 Å². The number of halogens is 2. The van der Waals surface area contributed by atoms with Crippen molar-refractivity contribution >= 4 is 55.2 Å². The van der Waals surface area contributed by atoms with E-state index in [1.165, 1.54) is 6.92 Å². The molecule has 0 aliphatic heterocycles. The molecule has 2 fully saturated rings. The Morgan fingerprint density at radius 2 is 1.56 bits per heavy atom. The van der Waals surface area contributed by atoms with Crippen LogP contribution in [0.1, 0.15) is 103 Å². The van der Waals surface area contributed by atoms with Crippen molar-refractivity contribution in [3.63, 3.8) is 0 Å². The number of carbonyl (C=O) groups excluding carboxylic acids is 1. The molecular formula is C31H49Cl2K2N7O8S2. The van der Waals surface area contributed by atoms with E-state index >= 15 is 0 Å². The number of carbonyl (C=O) groups is 1. The number of nitriles is 1. The van der Waals surface area contributed by atoms with Crippen LogP contribution in [0.25, 0.3) is 0 Å². The normalized spacial score (nSPS) is 25.7. The van der Waals surface area contributed by atoms with E-state index in [4.69, 9.17) is 38.2 Å². The van der Waals surface area contributed by atoms with Crippen molar-refractivity contribution < 1.29 is 138 Å². The molecule has 1 heterocycles. The van der Waals surface area contributed by atoms with Crippen molar-refractivity contribution in [2.45, 2.75) is 132 Å². The molecule has 2 saturated carbocycles. The zero-order chi connectivity index (χ0) is 37.4. The summed E-state index contributed by atoms with van der Waals surface area (Å²) in [6.45, 7) is 8.11. The number of amides is 1. The molecule has 1 N–H and O–H groups in total. The first-order valence-corrected chi connectivity index (χ1v) is 20.9. The molecule has 5 unspecified atom stereocenters. The molecule has 1 aromatic heterocycles. The van der Waals surface area contributed by atoms with Crippen molar-refractivity contribution in [2.24, 2.45) is 10.2 Å². The van der Waals surface area contributed by atoms with Gasteiger partial charge in [0.05, 0.1) is 60.9 Å². The van der Waals surface area contributed by atoms with Crippen LogP contribution in [0.3, 0.4) is 0 Å². The number of azo groups is 1. The fraction of sp³-hybridized carbons (Fsp3) is 0.839. The maximum absolute atomic E-state index is 12.3. The molecule has 0 aromatic carbocycles. The van der Waals surface area contributed by atoms with Gasteiger partial charge in [-0.2, -0.15) is 15.5 Å². The van der Waals surface area contributed by atoms with Gasteiger partial charge in [0.15, 0.2) is 5.82 Å². The van der Waals surface area contributed by atoms with Crippen LogP contribution in [-0.2, 0) is 35.2 Å². The number of unbranched alkanes of at least 4 members (excludes halogenated alkanes) is 2. The van der Waals surface area contributed by atoms with Crippen LogP contribution in [0.5, 0.6) is 0 Å². The molecule has 5 atom stereocenters. The van der Waals surface area contributed by atoms with Crippen molar-refractivity contribution in [3.8, 4) is 6.07 Å². The Kier molecular flexibility index (Phi) is 22.8. The topological polar surface area (TPSA) is 222 Å². The van der Waals surface area contributed by atoms with E-state index in [0.29, 0.717) is 63.7 Å². The van der Waals surface area contributed by atoms with Crippen LogP contribution in [0, 0.1) is 11.3 Å². The summed E-state index contributed by atoms with van der Waals surface area (Å²) in [5.41, 5.74) is 0.283. The Labute approximate surface area is 403 Å². The molecule has 52 heavy (non-hydrogen) atoms. The molecule has 15 nitrogen and oxygen atoms in total. The first kappa shape index (κ1) is 51.4. The Hall–Kier alpha value is 1.36. The van der Waals surface area contributed by atoms with Crippen molar-refractivity contribution in [1.29, 1.82) is 5.26 Å². The number of nitrogens with zero attached hydrogens (tertiary/aromatic N) is 6. The van der Waals surface area contributed by atoms with Crippen LogP contribution < -0.4 is 108 Å². The average Bonchev–Trinajstić information content (AvgIpc) is 3.36. The zero-order valence-electron chi connectivity index (χ0n) is 31.3. The number of hydrogen-bond donors (Lipinski definition) is 1. The van der Waals surface area contributed by atoms with Crippen molar-refractivity contribution in [3.05, 3.63) is 11.3 Å². The summed E-state index contributed by atoms with van der Waals surface area (Å²) >= 11 is 13.7. The summed E-state index contributed by atoms with van der Waals surface area (Å²) in [5.74, 6) is -1.01. The van der Waals surface area contributed by atoms with Gasteiger partial charge in [0.1, 0.15) is 11.6 Å². The maximum atomic E-state index is 12.3. The number of rotatable bonds is 16. The standard InChI is InChI=1S/C31H51Cl2N7O8S2.2K/c1-20(41)35-27-16-21(39(12-6-8-14-49(42,43)44)13-7-9-15-50(45,46)47)10-11-26(27)36-37-30-23(19-34)29(31(2,3)4)38-40(30)28-24(32)17-22(48-5)18-25(28)33;;/h21-22,24-28H,6-18H2,1-5H3,(H,35,41)(H,42,43,44)(H,45,46,47);;/q;2*+1/p-2. The summed E-state index contributed by atoms with van der Waals surface area (Å²) < 4.78 is 73.9. The van der Waals surface area contributed by atoms with Gasteiger partial charge in [-0.15, -0.1) is 28.3 Å². The molecule has 2 aliphatic rings. The van der Waals surface area contributed by atoms with Crippen LogP contribution in [0.4, 0.5) is 5.82 Å². The number of methoxy groups -OCH3 is 1. The van der Waals surface area contributed by atoms with E-state index in [-0.39, 0.29) is 145 Å². The minimum absolute atomic E-state index is 0. The molecule has 0 bridgehead atoms. The second-order valence-electron chi connectivity index (χ2n) is 14.2. The Morgan fingerprint density at radius 3 is 2.00 bits per heavy atom. The monoisotopic (exact) mass is 859 g/mol. The summed E-state index contributed by atoms with van der Waals surface area (Å²) in [6, 6.07) is 0.750. The fourth-order valence-corrected chi connectivity index (χ4v) is 8.92. The van der Waals surface area contributed by atoms with Crippen molar-refractivity contribution in [2.75, 3.05) is 31.7 Å². The van der Waals surface area contributed by atoms with Gasteiger partial charge < -0.3 is 24.1 Å². The molecule has 0 saturated heterocycles. The first-order valence-electron chi connectivity index (χ1n) is 16.9. The number of hydrogen-bond acceptors (Lipinski definition) is 13. The van der Waals surface area contributed by atoms with E-state index < -0.39 is 66.0 Å². The van der Waals surface area contributed by atoms with E-state index in [9.17, 15) is 36.0 Å². The van der Waals surface area contributed by atoms with Gasteiger partial charge in [-0.1, -0.05) is 20.8 Å². The van der Waals surface area contributed by atoms with E-state index in [1.807, 2.05) is 20.8 Å². The molecule has 3 rings (SSSR count). The second-order valence-corrected chi connectivity index (χ2v) is 18.4. The molecule has 0 radical (unpaired) electrons. The predicted molar refractivity (Wildman–Crippen MR) is 187 cm³/mol. The average molecular weight is 861 g/mol. The molecule has 2 aliphatic carbocycles. The maximum Gasteiger partial charge on any atom is 1.00 e. The van der Waals surface area contributed by atoms with Gasteiger partial charge in [0.25, 0.3) is 0 Å². The molecule has 21 heteroatoms. The van der Waals surface area contributed by atoms with Gasteiger partial charge >= 0.3 is 103 Å². The van der Waals surface area contributed by atoms with Crippen LogP contribution in [0.2, 0.25) is 0 Å². The zero-order valence-corrected chi connectivity index (χ0v) is 40.6. The third kappa shape index (κ3) is 16.3. The predicted octanol–water partition coefficient (Wildman–Crippen LogP) is -1.91. The third-order valence-electron chi connectivity index (χ3n) is 9.21. The molecule has 284 valence electrons. The molecule has 0 spiro atoms. The van der Waals surface area contributed by atoms with Crippen molar-refractivity contribution in [1.82, 2.24) is 20.0 Å². The quantitative estimate of drug-likeness (QED) is 0.0635. The minimum atomic E-state index is -4.36. The number of aromatic nitrogens is 2. The Morgan fingerprint density at radius 1 is 1.02 bits per heavy atom. The van der Waals surface area contributed by atoms with Gasteiger partial charge in [0.2, 0.25) is 5.91 Å². The first-order chi connectivity index (χ1) is 23.2. The summed E-state index contributed by atoms with van der Waals surface area (Å²) in [4.78, 5) is 14.4. The van der Waals surface area contributed by atoms with E-state index in [2.05, 4.69) is 21.4 Å².